The number of aryl methyl sites for hydroxylation is 2. The monoisotopic (exact) mass is 423 g/mol. The number of alkyl halides is 1. The van der Waals surface area contributed by atoms with Crippen LogP contribution in [0.1, 0.15) is 17.0 Å². The molecular formula is C20H27ClFN5O2. The summed E-state index contributed by atoms with van der Waals surface area (Å²) in [7, 11) is 1.61. The molecule has 158 valence electrons. The van der Waals surface area contributed by atoms with Crippen molar-refractivity contribution in [3.05, 3.63) is 47.3 Å². The van der Waals surface area contributed by atoms with E-state index in [9.17, 15) is 9.18 Å². The predicted octanol–water partition coefficient (Wildman–Crippen LogP) is 2.16. The fraction of sp³-hybridized carbons (Fsp3) is 0.450. The Morgan fingerprint density at radius 1 is 1.24 bits per heavy atom. The Hall–Kier alpha value is -2.45. The van der Waals surface area contributed by atoms with Crippen molar-refractivity contribution >= 4 is 24.0 Å². The zero-order chi connectivity index (χ0) is 20.3. The maximum absolute atomic E-state index is 14.6. The van der Waals surface area contributed by atoms with Crippen LogP contribution in [0.4, 0.5) is 10.1 Å². The quantitative estimate of drug-likeness (QED) is 0.766. The molecule has 2 atom stereocenters. The van der Waals surface area contributed by atoms with Crippen LogP contribution in [0.3, 0.4) is 0 Å². The third kappa shape index (κ3) is 5.55. The second kappa shape index (κ2) is 9.84. The summed E-state index contributed by atoms with van der Waals surface area (Å²) in [6, 6.07) is 9.50. The number of anilines is 1. The summed E-state index contributed by atoms with van der Waals surface area (Å²) in [4.78, 5) is 24.2. The first-order valence-corrected chi connectivity index (χ1v) is 9.24. The molecule has 1 aliphatic rings. The minimum atomic E-state index is -1.10. The number of nitrogen functional groups attached to an aromatic ring is 1. The van der Waals surface area contributed by atoms with Gasteiger partial charge in [-0.2, -0.15) is 9.97 Å². The molecule has 7 nitrogen and oxygen atoms in total. The van der Waals surface area contributed by atoms with Crippen LogP contribution in [0, 0.1) is 13.8 Å². The summed E-state index contributed by atoms with van der Waals surface area (Å²) in [5.41, 5.74) is 8.64. The van der Waals surface area contributed by atoms with Crippen molar-refractivity contribution in [2.75, 3.05) is 32.5 Å². The molecule has 1 aromatic carbocycles. The largest absolute Gasteiger partial charge is 0.453 e. The van der Waals surface area contributed by atoms with Gasteiger partial charge in [0.1, 0.15) is 6.17 Å². The van der Waals surface area contributed by atoms with Crippen molar-refractivity contribution in [1.29, 1.82) is 0 Å². The third-order valence-electron chi connectivity index (χ3n) is 5.07. The lowest BCUT2D eigenvalue weighted by molar-refractivity contribution is -0.135. The number of rotatable bonds is 6. The number of aromatic nitrogens is 2. The van der Waals surface area contributed by atoms with E-state index in [-0.39, 0.29) is 30.9 Å². The molecule has 0 radical (unpaired) electrons. The van der Waals surface area contributed by atoms with E-state index in [0.717, 1.165) is 5.56 Å². The number of carbonyl (C=O) groups excluding carboxylic acids is 1. The molecule has 3 rings (SSSR count). The van der Waals surface area contributed by atoms with Gasteiger partial charge in [-0.05, 0) is 19.4 Å². The highest BCUT2D eigenvalue weighted by molar-refractivity contribution is 5.85. The summed E-state index contributed by atoms with van der Waals surface area (Å²) in [5.74, 6) is -0.315. The van der Waals surface area contributed by atoms with Gasteiger partial charge < -0.3 is 15.4 Å². The van der Waals surface area contributed by atoms with Crippen LogP contribution in [0.15, 0.2) is 30.3 Å². The molecule has 0 spiro atoms. The second-order valence-electron chi connectivity index (χ2n) is 7.15. The van der Waals surface area contributed by atoms with Crippen molar-refractivity contribution < 1.29 is 13.9 Å². The molecule has 2 N–H and O–H groups in total. The van der Waals surface area contributed by atoms with Crippen molar-refractivity contribution in [1.82, 2.24) is 19.8 Å². The van der Waals surface area contributed by atoms with Crippen LogP contribution in [0.5, 0.6) is 6.01 Å². The van der Waals surface area contributed by atoms with Crippen LogP contribution >= 0.6 is 12.4 Å². The molecule has 2 heterocycles. The lowest BCUT2D eigenvalue weighted by Crippen LogP contribution is -2.45. The lowest BCUT2D eigenvalue weighted by Gasteiger charge is -2.26. The molecule has 1 amide bonds. The Kier molecular flexibility index (Phi) is 7.75. The molecule has 1 aliphatic heterocycles. The standard InChI is InChI=1S/C20H26FN5O2.ClH/c1-13-19(22)14(2)24-20(23-13)28-12-18(27)25(3)17-11-26(10-16(17)21)9-15-7-5-4-6-8-15;/h4-8,16-17H,9-12,22H2,1-3H3;1H. The number of nitrogens with two attached hydrogens (primary N) is 1. The van der Waals surface area contributed by atoms with Gasteiger partial charge in [0, 0.05) is 26.7 Å². The summed E-state index contributed by atoms with van der Waals surface area (Å²) in [6.07, 6.45) is -1.10. The van der Waals surface area contributed by atoms with Gasteiger partial charge in [0.25, 0.3) is 5.91 Å². The zero-order valence-electron chi connectivity index (χ0n) is 16.8. The smallest absolute Gasteiger partial charge is 0.317 e. The van der Waals surface area contributed by atoms with Gasteiger partial charge in [-0.1, -0.05) is 30.3 Å². The van der Waals surface area contributed by atoms with E-state index in [4.69, 9.17) is 10.5 Å². The second-order valence-corrected chi connectivity index (χ2v) is 7.15. The van der Waals surface area contributed by atoms with Gasteiger partial charge >= 0.3 is 6.01 Å². The first-order chi connectivity index (χ1) is 13.3. The molecule has 0 saturated carbocycles. The Balaban J connectivity index is 0.00000300. The highest BCUT2D eigenvalue weighted by atomic mass is 35.5. The number of likely N-dealkylation sites (N-methyl/N-ethyl adjacent to an activating group) is 1. The van der Waals surface area contributed by atoms with Gasteiger partial charge in [0.15, 0.2) is 6.61 Å². The SMILES string of the molecule is Cc1nc(OCC(=O)N(C)C2CN(Cc3ccccc3)CC2F)nc(C)c1N.Cl. The molecule has 0 bridgehead atoms. The van der Waals surface area contributed by atoms with E-state index in [1.54, 1.807) is 20.9 Å². The van der Waals surface area contributed by atoms with Crippen LogP contribution in [-0.4, -0.2) is 64.6 Å². The number of halogens is 2. The maximum Gasteiger partial charge on any atom is 0.317 e. The molecule has 9 heteroatoms. The lowest BCUT2D eigenvalue weighted by atomic mass is 10.2. The Morgan fingerprint density at radius 3 is 2.48 bits per heavy atom. The first-order valence-electron chi connectivity index (χ1n) is 9.24. The topological polar surface area (TPSA) is 84.6 Å². The van der Waals surface area contributed by atoms with E-state index in [0.29, 0.717) is 36.7 Å². The number of amides is 1. The molecule has 29 heavy (non-hydrogen) atoms. The van der Waals surface area contributed by atoms with Gasteiger partial charge in [-0.25, -0.2) is 4.39 Å². The van der Waals surface area contributed by atoms with Crippen LogP contribution in [0.2, 0.25) is 0 Å². The highest BCUT2D eigenvalue weighted by Gasteiger charge is 2.37. The first kappa shape index (κ1) is 22.8. The van der Waals surface area contributed by atoms with E-state index in [2.05, 4.69) is 9.97 Å². The average molecular weight is 424 g/mol. The van der Waals surface area contributed by atoms with Crippen molar-refractivity contribution in [2.24, 2.45) is 0 Å². The number of ether oxygens (including phenoxy) is 1. The molecule has 2 unspecified atom stereocenters. The minimum Gasteiger partial charge on any atom is -0.453 e. The summed E-state index contributed by atoms with van der Waals surface area (Å²) < 4.78 is 20.0. The van der Waals surface area contributed by atoms with E-state index < -0.39 is 12.2 Å². The minimum absolute atomic E-state index is 0. The number of hydrogen-bond acceptors (Lipinski definition) is 6. The van der Waals surface area contributed by atoms with Crippen molar-refractivity contribution in [3.63, 3.8) is 0 Å². The summed E-state index contributed by atoms with van der Waals surface area (Å²) in [6.45, 7) is 4.69. The number of likely N-dealkylation sites (tertiary alicyclic amines) is 1. The molecule has 0 aliphatic carbocycles. The van der Waals surface area contributed by atoms with Gasteiger partial charge in [0.2, 0.25) is 0 Å². The molecule has 1 fully saturated rings. The van der Waals surface area contributed by atoms with E-state index in [1.807, 2.05) is 35.2 Å². The summed E-state index contributed by atoms with van der Waals surface area (Å²) >= 11 is 0. The molecule has 1 aromatic heterocycles. The Morgan fingerprint density at radius 2 is 1.86 bits per heavy atom. The van der Waals surface area contributed by atoms with Crippen molar-refractivity contribution in [2.45, 2.75) is 32.6 Å². The predicted molar refractivity (Wildman–Crippen MR) is 112 cm³/mol. The van der Waals surface area contributed by atoms with Crippen LogP contribution in [-0.2, 0) is 11.3 Å². The van der Waals surface area contributed by atoms with Crippen molar-refractivity contribution in [3.8, 4) is 6.01 Å². The highest BCUT2D eigenvalue weighted by Crippen LogP contribution is 2.21. The normalized spacial score (nSPS) is 18.9. The molecular weight excluding hydrogens is 397 g/mol. The summed E-state index contributed by atoms with van der Waals surface area (Å²) in [5, 5.41) is 0. The average Bonchev–Trinajstić information content (AvgIpc) is 3.04. The zero-order valence-corrected chi connectivity index (χ0v) is 17.7. The van der Waals surface area contributed by atoms with E-state index >= 15 is 0 Å². The third-order valence-corrected chi connectivity index (χ3v) is 5.07. The van der Waals surface area contributed by atoms with E-state index in [1.165, 1.54) is 4.90 Å². The number of benzene rings is 1. The van der Waals surface area contributed by atoms with Gasteiger partial charge in [-0.15, -0.1) is 12.4 Å². The maximum atomic E-state index is 14.6. The number of nitrogens with zero attached hydrogens (tertiary/aromatic N) is 4. The Bertz CT molecular complexity index is 816. The fourth-order valence-corrected chi connectivity index (χ4v) is 3.33. The Labute approximate surface area is 176 Å². The number of carbonyl (C=O) groups is 1. The molecule has 2 aromatic rings. The molecule has 1 saturated heterocycles. The number of hydrogen-bond donors (Lipinski definition) is 1. The van der Waals surface area contributed by atoms with Gasteiger partial charge in [-0.3, -0.25) is 9.69 Å². The van der Waals surface area contributed by atoms with Crippen LogP contribution in [0.25, 0.3) is 0 Å². The fourth-order valence-electron chi connectivity index (χ4n) is 3.33. The van der Waals surface area contributed by atoms with Crippen LogP contribution < -0.4 is 10.5 Å². The van der Waals surface area contributed by atoms with Gasteiger partial charge in [0.05, 0.1) is 23.1 Å².